The van der Waals surface area contributed by atoms with Crippen LogP contribution in [0.4, 0.5) is 0 Å². The first-order valence-corrected chi connectivity index (χ1v) is 5.64. The Morgan fingerprint density at radius 1 is 1.67 bits per heavy atom. The molecule has 0 bridgehead atoms. The second kappa shape index (κ2) is 5.31. The zero-order valence-corrected chi connectivity index (χ0v) is 9.97. The largest absolute Gasteiger partial charge is 0.349 e. The third-order valence-electron chi connectivity index (χ3n) is 2.51. The molecule has 0 aromatic rings. The second-order valence-corrected chi connectivity index (χ2v) is 4.20. The van der Waals surface area contributed by atoms with Crippen molar-refractivity contribution in [2.75, 3.05) is 6.54 Å². The normalized spacial score (nSPS) is 18.5. The van der Waals surface area contributed by atoms with Crippen molar-refractivity contribution >= 4 is 22.7 Å². The van der Waals surface area contributed by atoms with Gasteiger partial charge in [-0.1, -0.05) is 18.2 Å². The maximum atomic E-state index is 11.6. The summed E-state index contributed by atoms with van der Waals surface area (Å²) >= 11 is 5.79. The Kier molecular flexibility index (Phi) is 4.33. The fraction of sp³-hybridized carbons (Fsp3) is 0.636. The third kappa shape index (κ3) is 3.67. The van der Waals surface area contributed by atoms with Gasteiger partial charge in [0.25, 0.3) is 5.91 Å². The van der Waals surface area contributed by atoms with Gasteiger partial charge in [0.1, 0.15) is 5.17 Å². The summed E-state index contributed by atoms with van der Waals surface area (Å²) in [6, 6.07) is 0.209. The van der Waals surface area contributed by atoms with Crippen molar-refractivity contribution in [2.45, 2.75) is 32.7 Å². The quantitative estimate of drug-likeness (QED) is 0.568. The molecule has 0 heterocycles. The summed E-state index contributed by atoms with van der Waals surface area (Å²) in [7, 11) is 0. The van der Waals surface area contributed by atoms with Crippen molar-refractivity contribution in [3.8, 4) is 0 Å². The van der Waals surface area contributed by atoms with E-state index in [1.54, 1.807) is 0 Å². The van der Waals surface area contributed by atoms with Crippen LogP contribution in [0, 0.1) is 5.92 Å². The van der Waals surface area contributed by atoms with Crippen molar-refractivity contribution in [1.82, 2.24) is 5.32 Å². The van der Waals surface area contributed by atoms with Gasteiger partial charge in [0.2, 0.25) is 0 Å². The SMILES string of the molecule is C=C(C(=O)N[C@@H](C)C1CC1)/C(Cl)=N\CC. The van der Waals surface area contributed by atoms with Crippen LogP contribution in [0.2, 0.25) is 0 Å². The minimum Gasteiger partial charge on any atom is -0.349 e. The molecule has 1 aliphatic rings. The number of aliphatic imine (C=N–C) groups is 1. The van der Waals surface area contributed by atoms with Crippen LogP contribution in [0.25, 0.3) is 0 Å². The third-order valence-corrected chi connectivity index (χ3v) is 2.86. The number of hydrogen-bond acceptors (Lipinski definition) is 2. The molecular formula is C11H17ClN2O. The summed E-state index contributed by atoms with van der Waals surface area (Å²) in [5.74, 6) is 0.417. The van der Waals surface area contributed by atoms with E-state index in [0.29, 0.717) is 12.5 Å². The molecule has 84 valence electrons. The minimum absolute atomic E-state index is 0.206. The monoisotopic (exact) mass is 228 g/mol. The Bertz CT molecular complexity index is 295. The van der Waals surface area contributed by atoms with Crippen LogP contribution in [0.3, 0.4) is 0 Å². The molecule has 0 aromatic heterocycles. The highest BCUT2D eigenvalue weighted by atomic mass is 35.5. The molecule has 4 heteroatoms. The van der Waals surface area contributed by atoms with E-state index in [1.165, 1.54) is 12.8 Å². The van der Waals surface area contributed by atoms with Gasteiger partial charge in [-0.05, 0) is 32.6 Å². The van der Waals surface area contributed by atoms with E-state index in [2.05, 4.69) is 16.9 Å². The van der Waals surface area contributed by atoms with Gasteiger partial charge < -0.3 is 5.32 Å². The molecule has 0 spiro atoms. The molecule has 1 fully saturated rings. The minimum atomic E-state index is -0.211. The number of nitrogens with one attached hydrogen (secondary N) is 1. The Labute approximate surface area is 95.6 Å². The van der Waals surface area contributed by atoms with Crippen LogP contribution < -0.4 is 5.32 Å². The molecule has 1 rings (SSSR count). The molecule has 0 aromatic carbocycles. The Morgan fingerprint density at radius 2 is 2.27 bits per heavy atom. The lowest BCUT2D eigenvalue weighted by Crippen LogP contribution is -2.35. The molecule has 1 aliphatic carbocycles. The van der Waals surface area contributed by atoms with Crippen LogP contribution in [-0.4, -0.2) is 23.7 Å². The molecule has 0 unspecified atom stereocenters. The molecule has 1 N–H and O–H groups in total. The highest BCUT2D eigenvalue weighted by molar-refractivity contribution is 6.72. The molecule has 3 nitrogen and oxygen atoms in total. The van der Waals surface area contributed by atoms with Crippen molar-refractivity contribution in [1.29, 1.82) is 0 Å². The summed E-state index contributed by atoms with van der Waals surface area (Å²) in [5, 5.41) is 3.08. The van der Waals surface area contributed by atoms with Gasteiger partial charge in [-0.15, -0.1) is 0 Å². The van der Waals surface area contributed by atoms with Crippen LogP contribution in [0.5, 0.6) is 0 Å². The Hall–Kier alpha value is -0.830. The van der Waals surface area contributed by atoms with Gasteiger partial charge in [0.05, 0.1) is 5.57 Å². The predicted octanol–water partition coefficient (Wildman–Crippen LogP) is 2.11. The van der Waals surface area contributed by atoms with Gasteiger partial charge in [-0.25, -0.2) is 0 Å². The summed E-state index contributed by atoms with van der Waals surface area (Å²) < 4.78 is 0. The van der Waals surface area contributed by atoms with E-state index >= 15 is 0 Å². The van der Waals surface area contributed by atoms with Crippen LogP contribution in [0.15, 0.2) is 17.1 Å². The van der Waals surface area contributed by atoms with Crippen molar-refractivity contribution in [3.05, 3.63) is 12.2 Å². The second-order valence-electron chi connectivity index (χ2n) is 3.84. The van der Waals surface area contributed by atoms with Gasteiger partial charge in [0.15, 0.2) is 0 Å². The summed E-state index contributed by atoms with van der Waals surface area (Å²) in [5.41, 5.74) is 0.256. The topological polar surface area (TPSA) is 41.5 Å². The average molecular weight is 229 g/mol. The first-order valence-electron chi connectivity index (χ1n) is 5.26. The van der Waals surface area contributed by atoms with E-state index in [1.807, 2.05) is 13.8 Å². The van der Waals surface area contributed by atoms with Gasteiger partial charge in [0, 0.05) is 12.6 Å². The molecule has 1 atom stereocenters. The highest BCUT2D eigenvalue weighted by Crippen LogP contribution is 2.32. The summed E-state index contributed by atoms with van der Waals surface area (Å²) in [6.07, 6.45) is 2.40. The number of hydrogen-bond donors (Lipinski definition) is 1. The fourth-order valence-corrected chi connectivity index (χ4v) is 1.54. The van der Waals surface area contributed by atoms with Gasteiger partial charge in [-0.2, -0.15) is 0 Å². The van der Waals surface area contributed by atoms with Crippen molar-refractivity contribution in [2.24, 2.45) is 10.9 Å². The molecule has 1 saturated carbocycles. The zero-order chi connectivity index (χ0) is 11.4. The lowest BCUT2D eigenvalue weighted by molar-refractivity contribution is -0.117. The fourth-order valence-electron chi connectivity index (χ4n) is 1.34. The number of carbonyl (C=O) groups is 1. The lowest BCUT2D eigenvalue weighted by Gasteiger charge is -2.13. The van der Waals surface area contributed by atoms with Gasteiger partial charge in [-0.3, -0.25) is 9.79 Å². The van der Waals surface area contributed by atoms with Gasteiger partial charge >= 0.3 is 0 Å². The van der Waals surface area contributed by atoms with E-state index < -0.39 is 0 Å². The zero-order valence-electron chi connectivity index (χ0n) is 9.22. The van der Waals surface area contributed by atoms with E-state index in [-0.39, 0.29) is 22.7 Å². The Balaban J connectivity index is 2.45. The highest BCUT2D eigenvalue weighted by Gasteiger charge is 2.29. The number of amides is 1. The number of nitrogens with zero attached hydrogens (tertiary/aromatic N) is 1. The van der Waals surface area contributed by atoms with E-state index in [0.717, 1.165) is 0 Å². The van der Waals surface area contributed by atoms with E-state index in [4.69, 9.17) is 11.6 Å². The molecule has 15 heavy (non-hydrogen) atoms. The summed E-state index contributed by atoms with van der Waals surface area (Å²) in [4.78, 5) is 15.6. The Morgan fingerprint density at radius 3 is 2.73 bits per heavy atom. The first kappa shape index (κ1) is 12.2. The first-order chi connectivity index (χ1) is 7.06. The predicted molar refractivity (Wildman–Crippen MR) is 63.3 cm³/mol. The molecule has 1 amide bonds. The number of rotatable bonds is 5. The smallest absolute Gasteiger partial charge is 0.253 e. The number of carbonyl (C=O) groups excluding carboxylic acids is 1. The van der Waals surface area contributed by atoms with Crippen LogP contribution in [0.1, 0.15) is 26.7 Å². The van der Waals surface area contributed by atoms with Crippen molar-refractivity contribution < 1.29 is 4.79 Å². The number of halogens is 1. The molecular weight excluding hydrogens is 212 g/mol. The van der Waals surface area contributed by atoms with Crippen molar-refractivity contribution in [3.63, 3.8) is 0 Å². The average Bonchev–Trinajstić information content (AvgIpc) is 2.99. The summed E-state index contributed by atoms with van der Waals surface area (Å²) in [6.45, 7) is 8.06. The maximum Gasteiger partial charge on any atom is 0.253 e. The van der Waals surface area contributed by atoms with Crippen LogP contribution in [-0.2, 0) is 4.79 Å². The lowest BCUT2D eigenvalue weighted by atomic mass is 10.2. The maximum absolute atomic E-state index is 11.6. The van der Waals surface area contributed by atoms with E-state index in [9.17, 15) is 4.79 Å². The molecule has 0 radical (unpaired) electrons. The molecule has 0 aliphatic heterocycles. The van der Waals surface area contributed by atoms with Crippen LogP contribution >= 0.6 is 11.6 Å². The molecule has 0 saturated heterocycles. The standard InChI is InChI=1S/C11H17ClN2O/c1-4-13-10(12)7(2)11(15)14-8(3)9-5-6-9/h8-9H,2,4-6H2,1,3H3,(H,14,15)/b13-10+/t8-/m0/s1.